The molecule has 0 saturated carbocycles. The van der Waals surface area contributed by atoms with Crippen LogP contribution in [-0.2, 0) is 6.54 Å². The summed E-state index contributed by atoms with van der Waals surface area (Å²) in [4.78, 5) is 28.6. The van der Waals surface area contributed by atoms with Crippen LogP contribution in [0.3, 0.4) is 0 Å². The van der Waals surface area contributed by atoms with Gasteiger partial charge < -0.3 is 4.57 Å². The molecule has 8 heteroatoms. The van der Waals surface area contributed by atoms with Crippen LogP contribution in [0.25, 0.3) is 0 Å². The average molecular weight is 364 g/mol. The smallest absolute Gasteiger partial charge is 0.263 e. The second kappa shape index (κ2) is 6.94. The minimum Gasteiger partial charge on any atom is -0.310 e. The number of benzene rings is 1. The molecule has 1 aromatic carbocycles. The summed E-state index contributed by atoms with van der Waals surface area (Å²) in [6, 6.07) is 7.26. The van der Waals surface area contributed by atoms with E-state index in [2.05, 4.69) is 10.3 Å². The molecule has 5 nitrogen and oxygen atoms in total. The number of anilines is 1. The van der Waals surface area contributed by atoms with Gasteiger partial charge in [-0.3, -0.25) is 14.9 Å². The van der Waals surface area contributed by atoms with Crippen LogP contribution in [0.1, 0.15) is 15.9 Å². The van der Waals surface area contributed by atoms with Crippen molar-refractivity contribution in [3.8, 4) is 0 Å². The average Bonchev–Trinajstić information content (AvgIpc) is 3.05. The molecule has 0 radical (unpaired) electrons. The van der Waals surface area contributed by atoms with Gasteiger partial charge in [-0.2, -0.15) is 0 Å². The van der Waals surface area contributed by atoms with Crippen molar-refractivity contribution < 1.29 is 9.18 Å². The molecule has 2 aromatic heterocycles. The summed E-state index contributed by atoms with van der Waals surface area (Å²) < 4.78 is 15.1. The van der Waals surface area contributed by atoms with Crippen molar-refractivity contribution >= 4 is 34.0 Å². The minimum atomic E-state index is -0.566. The van der Waals surface area contributed by atoms with Crippen molar-refractivity contribution in [3.63, 3.8) is 0 Å². The zero-order valence-corrected chi connectivity index (χ0v) is 13.8. The molecule has 2 heterocycles. The highest BCUT2D eigenvalue weighted by molar-refractivity contribution is 7.13. The first-order valence-electron chi connectivity index (χ1n) is 6.89. The predicted molar refractivity (Wildman–Crippen MR) is 91.3 cm³/mol. The number of amides is 1. The van der Waals surface area contributed by atoms with E-state index in [-0.39, 0.29) is 22.7 Å². The van der Waals surface area contributed by atoms with Gasteiger partial charge >= 0.3 is 0 Å². The van der Waals surface area contributed by atoms with Gasteiger partial charge in [-0.1, -0.05) is 17.7 Å². The number of hydrogen-bond acceptors (Lipinski definition) is 4. The number of hydrogen-bond donors (Lipinski definition) is 1. The SMILES string of the molecule is O=C(Nc1nccs1)c1cccn(Cc2c(F)cccc2Cl)c1=O. The Morgan fingerprint density at radius 2 is 2.17 bits per heavy atom. The highest BCUT2D eigenvalue weighted by Gasteiger charge is 2.15. The fraction of sp³-hybridized carbons (Fsp3) is 0.0625. The largest absolute Gasteiger partial charge is 0.310 e. The van der Waals surface area contributed by atoms with E-state index in [0.29, 0.717) is 5.13 Å². The fourth-order valence-corrected chi connectivity index (χ4v) is 2.88. The Morgan fingerprint density at radius 3 is 2.88 bits per heavy atom. The van der Waals surface area contributed by atoms with E-state index in [1.807, 2.05) is 0 Å². The zero-order chi connectivity index (χ0) is 17.1. The molecular weight excluding hydrogens is 353 g/mol. The van der Waals surface area contributed by atoms with Gasteiger partial charge in [0.05, 0.1) is 6.54 Å². The van der Waals surface area contributed by atoms with E-state index in [0.717, 1.165) is 0 Å². The van der Waals surface area contributed by atoms with E-state index >= 15 is 0 Å². The second-order valence-electron chi connectivity index (χ2n) is 4.85. The Kier molecular flexibility index (Phi) is 4.73. The van der Waals surface area contributed by atoms with Crippen LogP contribution in [0.4, 0.5) is 9.52 Å². The summed E-state index contributed by atoms with van der Waals surface area (Å²) in [5.74, 6) is -1.07. The summed E-state index contributed by atoms with van der Waals surface area (Å²) >= 11 is 7.23. The van der Waals surface area contributed by atoms with Crippen molar-refractivity contribution in [3.05, 3.63) is 80.4 Å². The van der Waals surface area contributed by atoms with Gasteiger partial charge in [0.1, 0.15) is 11.4 Å². The lowest BCUT2D eigenvalue weighted by atomic mass is 10.2. The van der Waals surface area contributed by atoms with E-state index in [1.165, 1.54) is 40.3 Å². The Bertz CT molecular complexity index is 920. The van der Waals surface area contributed by atoms with E-state index < -0.39 is 17.3 Å². The highest BCUT2D eigenvalue weighted by atomic mass is 35.5. The van der Waals surface area contributed by atoms with Gasteiger partial charge in [0.2, 0.25) is 0 Å². The lowest BCUT2D eigenvalue weighted by Crippen LogP contribution is -2.29. The standard InChI is InChI=1S/C16H11ClFN3O2S/c17-12-4-1-5-13(18)11(12)9-21-7-2-3-10(15(21)23)14(22)20-16-19-6-8-24-16/h1-8H,9H2,(H,19,20,22). The van der Waals surface area contributed by atoms with Gasteiger partial charge in [0.25, 0.3) is 11.5 Å². The number of nitrogens with zero attached hydrogens (tertiary/aromatic N) is 2. The summed E-state index contributed by atoms with van der Waals surface area (Å²) in [5.41, 5.74) is -0.398. The van der Waals surface area contributed by atoms with Crippen molar-refractivity contribution in [1.29, 1.82) is 0 Å². The third-order valence-corrected chi connectivity index (χ3v) is 4.35. The van der Waals surface area contributed by atoms with Gasteiger partial charge in [0, 0.05) is 28.4 Å². The molecule has 1 N–H and O–H groups in total. The molecule has 0 bridgehead atoms. The molecule has 24 heavy (non-hydrogen) atoms. The first-order valence-corrected chi connectivity index (χ1v) is 8.15. The van der Waals surface area contributed by atoms with Crippen LogP contribution in [0.5, 0.6) is 0 Å². The maximum atomic E-state index is 13.9. The molecule has 0 saturated heterocycles. The monoisotopic (exact) mass is 363 g/mol. The number of pyridine rings is 1. The van der Waals surface area contributed by atoms with Crippen LogP contribution < -0.4 is 10.9 Å². The van der Waals surface area contributed by atoms with Gasteiger partial charge in [-0.05, 0) is 24.3 Å². The Balaban J connectivity index is 1.91. The summed E-state index contributed by atoms with van der Waals surface area (Å²) in [5, 5.41) is 4.87. The molecule has 0 atom stereocenters. The number of rotatable bonds is 4. The molecule has 0 fully saturated rings. The first kappa shape index (κ1) is 16.4. The Morgan fingerprint density at radius 1 is 1.33 bits per heavy atom. The molecular formula is C16H11ClFN3O2S. The Labute approximate surface area is 145 Å². The molecule has 0 unspecified atom stereocenters. The van der Waals surface area contributed by atoms with Crippen LogP contribution in [0, 0.1) is 5.82 Å². The quantitative estimate of drug-likeness (QED) is 0.772. The molecule has 0 spiro atoms. The summed E-state index contributed by atoms with van der Waals surface area (Å²) in [7, 11) is 0. The molecule has 0 aliphatic rings. The highest BCUT2D eigenvalue weighted by Crippen LogP contribution is 2.19. The topological polar surface area (TPSA) is 64.0 Å². The number of carbonyl (C=O) groups excluding carboxylic acids is 1. The van der Waals surface area contributed by atoms with Crippen molar-refractivity contribution in [2.24, 2.45) is 0 Å². The van der Waals surface area contributed by atoms with Crippen molar-refractivity contribution in [2.75, 3.05) is 5.32 Å². The molecule has 122 valence electrons. The number of aromatic nitrogens is 2. The normalized spacial score (nSPS) is 10.6. The molecule has 3 aromatic rings. The molecule has 3 rings (SSSR count). The molecule has 0 aliphatic carbocycles. The van der Waals surface area contributed by atoms with E-state index in [9.17, 15) is 14.0 Å². The second-order valence-corrected chi connectivity index (χ2v) is 6.15. The van der Waals surface area contributed by atoms with Crippen molar-refractivity contribution in [2.45, 2.75) is 6.54 Å². The van der Waals surface area contributed by atoms with Gasteiger partial charge in [0.15, 0.2) is 5.13 Å². The number of carbonyl (C=O) groups is 1. The van der Waals surface area contributed by atoms with E-state index in [1.54, 1.807) is 23.7 Å². The summed E-state index contributed by atoms with van der Waals surface area (Å²) in [6.45, 7) is -0.0668. The number of halogens is 2. The fourth-order valence-electron chi connectivity index (χ4n) is 2.14. The van der Waals surface area contributed by atoms with E-state index in [4.69, 9.17) is 11.6 Å². The molecule has 0 aliphatic heterocycles. The van der Waals surface area contributed by atoms with Crippen LogP contribution >= 0.6 is 22.9 Å². The zero-order valence-electron chi connectivity index (χ0n) is 12.2. The third kappa shape index (κ3) is 3.37. The van der Waals surface area contributed by atoms with Crippen LogP contribution in [-0.4, -0.2) is 15.5 Å². The predicted octanol–water partition coefficient (Wildman–Crippen LogP) is 3.40. The Hall–Kier alpha value is -2.51. The first-order chi connectivity index (χ1) is 11.6. The maximum absolute atomic E-state index is 13.9. The third-order valence-electron chi connectivity index (χ3n) is 3.31. The van der Waals surface area contributed by atoms with Gasteiger partial charge in [-0.25, -0.2) is 9.37 Å². The number of thiazole rings is 1. The lowest BCUT2D eigenvalue weighted by molar-refractivity contribution is 0.102. The van der Waals surface area contributed by atoms with Gasteiger partial charge in [-0.15, -0.1) is 11.3 Å². The number of nitrogens with one attached hydrogen (secondary N) is 1. The molecule has 1 amide bonds. The lowest BCUT2D eigenvalue weighted by Gasteiger charge is -2.10. The van der Waals surface area contributed by atoms with Crippen molar-refractivity contribution in [1.82, 2.24) is 9.55 Å². The van der Waals surface area contributed by atoms with Crippen LogP contribution in [0.2, 0.25) is 5.02 Å². The summed E-state index contributed by atoms with van der Waals surface area (Å²) in [6.07, 6.45) is 3.02. The van der Waals surface area contributed by atoms with Crippen LogP contribution in [0.15, 0.2) is 52.9 Å². The minimum absolute atomic E-state index is 0.0554. The maximum Gasteiger partial charge on any atom is 0.263 e.